The molecule has 2 aromatic rings. The van der Waals surface area contributed by atoms with Crippen LogP contribution in [0.15, 0.2) is 53.4 Å². The molecule has 6 nitrogen and oxygen atoms in total. The Morgan fingerprint density at radius 1 is 1.10 bits per heavy atom. The van der Waals surface area contributed by atoms with Crippen LogP contribution >= 0.6 is 0 Å². The number of benzene rings is 2. The molecule has 2 aromatic carbocycles. The zero-order valence-electron chi connectivity index (χ0n) is 18.0. The SMILES string of the molecule is Cc1ccccc1OCC(=O)Nc1ccc(S(=O)(=O)NC(C)C2CC3CCC2C3)cc1. The molecule has 0 radical (unpaired) electrons. The first-order valence-corrected chi connectivity index (χ1v) is 12.4. The molecule has 31 heavy (non-hydrogen) atoms. The number of para-hydroxylation sites is 1. The van der Waals surface area contributed by atoms with Gasteiger partial charge in [-0.15, -0.1) is 0 Å². The summed E-state index contributed by atoms with van der Waals surface area (Å²) in [4.78, 5) is 12.4. The van der Waals surface area contributed by atoms with Crippen molar-refractivity contribution in [2.24, 2.45) is 17.8 Å². The smallest absolute Gasteiger partial charge is 0.262 e. The summed E-state index contributed by atoms with van der Waals surface area (Å²) in [6.45, 7) is 3.78. The number of fused-ring (bicyclic) bond motifs is 2. The fraction of sp³-hybridized carbons (Fsp3) is 0.458. The maximum Gasteiger partial charge on any atom is 0.262 e. The van der Waals surface area contributed by atoms with Gasteiger partial charge in [-0.25, -0.2) is 13.1 Å². The van der Waals surface area contributed by atoms with E-state index >= 15 is 0 Å². The number of hydrogen-bond acceptors (Lipinski definition) is 4. The molecule has 0 aromatic heterocycles. The molecule has 2 saturated carbocycles. The molecule has 166 valence electrons. The minimum absolute atomic E-state index is 0.0710. The predicted octanol–water partition coefficient (Wildman–Crippen LogP) is 4.12. The number of carbonyl (C=O) groups excluding carboxylic acids is 1. The first-order valence-electron chi connectivity index (χ1n) is 10.9. The second-order valence-corrected chi connectivity index (χ2v) is 10.6. The molecular weight excluding hydrogens is 412 g/mol. The second kappa shape index (κ2) is 9.01. The first-order chi connectivity index (χ1) is 14.8. The molecule has 0 aliphatic heterocycles. The molecule has 0 saturated heterocycles. The van der Waals surface area contributed by atoms with Crippen molar-refractivity contribution in [3.05, 3.63) is 54.1 Å². The average molecular weight is 443 g/mol. The Hall–Kier alpha value is -2.38. The van der Waals surface area contributed by atoms with Crippen LogP contribution in [0.2, 0.25) is 0 Å². The predicted molar refractivity (Wildman–Crippen MR) is 120 cm³/mol. The summed E-state index contributed by atoms with van der Waals surface area (Å²) in [5, 5.41) is 2.73. The second-order valence-electron chi connectivity index (χ2n) is 8.88. The third-order valence-corrected chi connectivity index (χ3v) is 8.25. The average Bonchev–Trinajstić information content (AvgIpc) is 3.37. The van der Waals surface area contributed by atoms with Gasteiger partial charge in [-0.1, -0.05) is 24.6 Å². The zero-order valence-corrected chi connectivity index (χ0v) is 18.8. The minimum Gasteiger partial charge on any atom is -0.483 e. The highest BCUT2D eigenvalue weighted by Gasteiger charge is 2.42. The van der Waals surface area contributed by atoms with E-state index in [0.717, 1.165) is 17.9 Å². The Morgan fingerprint density at radius 3 is 2.48 bits per heavy atom. The quantitative estimate of drug-likeness (QED) is 0.644. The number of amides is 1. The number of aryl methyl sites for hydroxylation is 1. The van der Waals surface area contributed by atoms with Crippen LogP contribution in [0.4, 0.5) is 5.69 Å². The molecule has 2 bridgehead atoms. The number of rotatable bonds is 8. The maximum atomic E-state index is 12.8. The van der Waals surface area contributed by atoms with Crippen molar-refractivity contribution >= 4 is 21.6 Å². The van der Waals surface area contributed by atoms with Gasteiger partial charge in [0.05, 0.1) is 4.90 Å². The van der Waals surface area contributed by atoms with E-state index < -0.39 is 10.0 Å². The summed E-state index contributed by atoms with van der Waals surface area (Å²) in [6.07, 6.45) is 4.90. The zero-order chi connectivity index (χ0) is 22.0. The van der Waals surface area contributed by atoms with E-state index in [1.165, 1.54) is 31.4 Å². The van der Waals surface area contributed by atoms with Gasteiger partial charge in [0.2, 0.25) is 10.0 Å². The third kappa shape index (κ3) is 5.10. The van der Waals surface area contributed by atoms with Gasteiger partial charge in [-0.05, 0) is 86.8 Å². The molecule has 4 rings (SSSR count). The number of carbonyl (C=O) groups is 1. The standard InChI is InChI=1S/C24H30N2O4S/c1-16-5-3-4-6-23(16)30-15-24(27)25-20-9-11-21(12-10-20)31(28,29)26-17(2)22-14-18-7-8-19(22)13-18/h3-6,9-12,17-19,22,26H,7-8,13-15H2,1-2H3,(H,25,27). The molecule has 1 amide bonds. The summed E-state index contributed by atoms with van der Waals surface area (Å²) in [5.74, 6) is 2.22. The van der Waals surface area contributed by atoms with Gasteiger partial charge in [-0.3, -0.25) is 4.79 Å². The number of sulfonamides is 1. The van der Waals surface area contributed by atoms with Crippen molar-refractivity contribution < 1.29 is 17.9 Å². The largest absolute Gasteiger partial charge is 0.483 e. The van der Waals surface area contributed by atoms with Gasteiger partial charge >= 0.3 is 0 Å². The molecular formula is C24H30N2O4S. The number of nitrogens with one attached hydrogen (secondary N) is 2. The summed E-state index contributed by atoms with van der Waals surface area (Å²) < 4.78 is 34.0. The number of hydrogen-bond donors (Lipinski definition) is 2. The summed E-state index contributed by atoms with van der Waals surface area (Å²) in [7, 11) is -3.60. The minimum atomic E-state index is -3.60. The van der Waals surface area contributed by atoms with Crippen molar-refractivity contribution in [2.75, 3.05) is 11.9 Å². The molecule has 2 fully saturated rings. The Bertz CT molecular complexity index is 1040. The molecule has 2 aliphatic rings. The van der Waals surface area contributed by atoms with E-state index in [-0.39, 0.29) is 23.5 Å². The van der Waals surface area contributed by atoms with Crippen LogP contribution in [0.25, 0.3) is 0 Å². The number of ether oxygens (including phenoxy) is 1. The molecule has 0 heterocycles. The van der Waals surface area contributed by atoms with Crippen molar-refractivity contribution in [1.29, 1.82) is 0 Å². The van der Waals surface area contributed by atoms with Crippen molar-refractivity contribution in [3.8, 4) is 5.75 Å². The normalized spacial score (nSPS) is 23.5. The lowest BCUT2D eigenvalue weighted by Gasteiger charge is -2.28. The molecule has 2 aliphatic carbocycles. The van der Waals surface area contributed by atoms with Crippen LogP contribution < -0.4 is 14.8 Å². The van der Waals surface area contributed by atoms with Crippen molar-refractivity contribution in [3.63, 3.8) is 0 Å². The first kappa shape index (κ1) is 21.8. The van der Waals surface area contributed by atoms with Crippen LogP contribution in [-0.4, -0.2) is 27.0 Å². The van der Waals surface area contributed by atoms with Gasteiger partial charge in [0.1, 0.15) is 5.75 Å². The third-order valence-electron chi connectivity index (χ3n) is 6.68. The van der Waals surface area contributed by atoms with E-state index in [0.29, 0.717) is 23.3 Å². The van der Waals surface area contributed by atoms with Gasteiger partial charge in [0.15, 0.2) is 6.61 Å². The summed E-state index contributed by atoms with van der Waals surface area (Å²) in [5.41, 5.74) is 1.48. The topological polar surface area (TPSA) is 84.5 Å². The van der Waals surface area contributed by atoms with Crippen LogP contribution in [-0.2, 0) is 14.8 Å². The molecule has 0 spiro atoms. The Balaban J connectivity index is 1.31. The van der Waals surface area contributed by atoms with Gasteiger partial charge in [-0.2, -0.15) is 0 Å². The highest BCUT2D eigenvalue weighted by Crippen LogP contribution is 2.49. The maximum absolute atomic E-state index is 12.8. The lowest BCUT2D eigenvalue weighted by Crippen LogP contribution is -2.40. The van der Waals surface area contributed by atoms with E-state index in [1.54, 1.807) is 12.1 Å². The van der Waals surface area contributed by atoms with Gasteiger partial charge in [0, 0.05) is 11.7 Å². The van der Waals surface area contributed by atoms with Crippen LogP contribution in [0.3, 0.4) is 0 Å². The lowest BCUT2D eigenvalue weighted by molar-refractivity contribution is -0.118. The Kier molecular flexibility index (Phi) is 6.34. The molecule has 7 heteroatoms. The fourth-order valence-electron chi connectivity index (χ4n) is 5.08. The monoisotopic (exact) mass is 442 g/mol. The summed E-state index contributed by atoms with van der Waals surface area (Å²) >= 11 is 0. The van der Waals surface area contributed by atoms with E-state index in [4.69, 9.17) is 4.74 Å². The van der Waals surface area contributed by atoms with Crippen molar-refractivity contribution in [2.45, 2.75) is 50.5 Å². The molecule has 4 unspecified atom stereocenters. The van der Waals surface area contributed by atoms with Crippen LogP contribution in [0, 0.1) is 24.7 Å². The van der Waals surface area contributed by atoms with Crippen LogP contribution in [0.5, 0.6) is 5.75 Å². The fourth-order valence-corrected chi connectivity index (χ4v) is 6.38. The Labute approximate surface area is 184 Å². The van der Waals surface area contributed by atoms with Gasteiger partial charge < -0.3 is 10.1 Å². The number of anilines is 1. The van der Waals surface area contributed by atoms with E-state index in [1.807, 2.05) is 38.1 Å². The van der Waals surface area contributed by atoms with Crippen molar-refractivity contribution in [1.82, 2.24) is 4.72 Å². The van der Waals surface area contributed by atoms with Gasteiger partial charge in [0.25, 0.3) is 5.91 Å². The highest BCUT2D eigenvalue weighted by molar-refractivity contribution is 7.89. The summed E-state index contributed by atoms with van der Waals surface area (Å²) in [6, 6.07) is 13.7. The highest BCUT2D eigenvalue weighted by atomic mass is 32.2. The van der Waals surface area contributed by atoms with Crippen LogP contribution in [0.1, 0.15) is 38.2 Å². The Morgan fingerprint density at radius 2 is 1.84 bits per heavy atom. The lowest BCUT2D eigenvalue weighted by atomic mass is 9.84. The molecule has 4 atom stereocenters. The van der Waals surface area contributed by atoms with E-state index in [9.17, 15) is 13.2 Å². The van der Waals surface area contributed by atoms with E-state index in [2.05, 4.69) is 10.0 Å². The molecule has 2 N–H and O–H groups in total.